The van der Waals surface area contributed by atoms with Crippen LogP contribution in [0.4, 0.5) is 4.79 Å². The molecule has 2 rings (SSSR count). The van der Waals surface area contributed by atoms with Crippen LogP contribution in [0.5, 0.6) is 0 Å². The number of carbonyl (C=O) groups is 2. The number of carboxylic acids is 1. The summed E-state index contributed by atoms with van der Waals surface area (Å²) in [7, 11) is 0. The summed E-state index contributed by atoms with van der Waals surface area (Å²) in [6.07, 6.45) is 8.07. The van der Waals surface area contributed by atoms with Gasteiger partial charge in [0.25, 0.3) is 0 Å². The smallest absolute Gasteiger partial charge is 0.315 e. The SMILES string of the molecule is CCCC1CC1NC(=O)NC1(CC(=O)O)CCCCC1. The first kappa shape index (κ1) is 15.1. The highest BCUT2D eigenvalue weighted by molar-refractivity contribution is 5.77. The molecule has 3 N–H and O–H groups in total. The van der Waals surface area contributed by atoms with Crippen molar-refractivity contribution < 1.29 is 14.7 Å². The van der Waals surface area contributed by atoms with Gasteiger partial charge in [-0.1, -0.05) is 32.6 Å². The minimum Gasteiger partial charge on any atom is -0.481 e. The topological polar surface area (TPSA) is 78.4 Å². The van der Waals surface area contributed by atoms with E-state index in [1.807, 2.05) is 0 Å². The minimum absolute atomic E-state index is 0.0312. The molecule has 0 aromatic carbocycles. The van der Waals surface area contributed by atoms with Gasteiger partial charge in [-0.2, -0.15) is 0 Å². The zero-order valence-corrected chi connectivity index (χ0v) is 12.3. The summed E-state index contributed by atoms with van der Waals surface area (Å²) >= 11 is 0. The molecular formula is C15H26N2O3. The molecule has 0 heterocycles. The van der Waals surface area contributed by atoms with Crippen LogP contribution >= 0.6 is 0 Å². The van der Waals surface area contributed by atoms with Gasteiger partial charge in [-0.15, -0.1) is 0 Å². The highest BCUT2D eigenvalue weighted by Crippen LogP contribution is 2.35. The van der Waals surface area contributed by atoms with Crippen molar-refractivity contribution in [3.63, 3.8) is 0 Å². The third-order valence-electron chi connectivity index (χ3n) is 4.58. The molecule has 0 aliphatic heterocycles. The molecule has 5 nitrogen and oxygen atoms in total. The van der Waals surface area contributed by atoms with Gasteiger partial charge in [0, 0.05) is 6.04 Å². The van der Waals surface area contributed by atoms with Gasteiger partial charge in [0.1, 0.15) is 0 Å². The fraction of sp³-hybridized carbons (Fsp3) is 0.867. The molecule has 0 spiro atoms. The van der Waals surface area contributed by atoms with Crippen LogP contribution in [-0.4, -0.2) is 28.7 Å². The second kappa shape index (κ2) is 6.46. The van der Waals surface area contributed by atoms with E-state index in [4.69, 9.17) is 5.11 Å². The molecule has 0 radical (unpaired) electrons. The Morgan fingerprint density at radius 2 is 1.95 bits per heavy atom. The Hall–Kier alpha value is -1.26. The molecule has 2 unspecified atom stereocenters. The number of nitrogens with one attached hydrogen (secondary N) is 2. The van der Waals surface area contributed by atoms with Gasteiger partial charge in [-0.05, 0) is 31.6 Å². The van der Waals surface area contributed by atoms with Crippen molar-refractivity contribution in [3.8, 4) is 0 Å². The fourth-order valence-corrected chi connectivity index (χ4v) is 3.42. The van der Waals surface area contributed by atoms with Crippen molar-refractivity contribution in [3.05, 3.63) is 0 Å². The maximum atomic E-state index is 12.1. The van der Waals surface area contributed by atoms with E-state index in [9.17, 15) is 9.59 Å². The van der Waals surface area contributed by atoms with Crippen molar-refractivity contribution >= 4 is 12.0 Å². The monoisotopic (exact) mass is 282 g/mol. The number of amides is 2. The highest BCUT2D eigenvalue weighted by Gasteiger charge is 2.40. The van der Waals surface area contributed by atoms with E-state index in [1.54, 1.807) is 0 Å². The van der Waals surface area contributed by atoms with Crippen molar-refractivity contribution in [2.75, 3.05) is 0 Å². The van der Waals surface area contributed by atoms with Crippen LogP contribution in [0.15, 0.2) is 0 Å². The number of carbonyl (C=O) groups excluding carboxylic acids is 1. The van der Waals surface area contributed by atoms with E-state index < -0.39 is 11.5 Å². The average Bonchev–Trinajstić information content (AvgIpc) is 3.07. The molecule has 0 saturated heterocycles. The van der Waals surface area contributed by atoms with E-state index in [2.05, 4.69) is 17.6 Å². The minimum atomic E-state index is -0.831. The number of hydrogen-bond acceptors (Lipinski definition) is 2. The molecule has 114 valence electrons. The maximum Gasteiger partial charge on any atom is 0.315 e. The largest absolute Gasteiger partial charge is 0.481 e. The lowest BCUT2D eigenvalue weighted by Crippen LogP contribution is -2.54. The van der Waals surface area contributed by atoms with Crippen LogP contribution in [0.3, 0.4) is 0 Å². The second-order valence-electron chi connectivity index (χ2n) is 6.40. The van der Waals surface area contributed by atoms with Gasteiger partial charge in [0.05, 0.1) is 12.0 Å². The van der Waals surface area contributed by atoms with Crippen LogP contribution in [0.25, 0.3) is 0 Å². The lowest BCUT2D eigenvalue weighted by Gasteiger charge is -2.37. The Kier molecular flexibility index (Phi) is 4.89. The standard InChI is InChI=1S/C15H26N2O3/c1-2-6-11-9-12(11)16-14(20)17-15(10-13(18)19)7-4-3-5-8-15/h11-12H,2-10H2,1H3,(H,18,19)(H2,16,17,20). The maximum absolute atomic E-state index is 12.1. The number of urea groups is 1. The normalized spacial score (nSPS) is 27.6. The molecule has 2 atom stereocenters. The molecule has 2 fully saturated rings. The first-order chi connectivity index (χ1) is 9.54. The van der Waals surface area contributed by atoms with E-state index in [0.717, 1.165) is 51.4 Å². The Bertz CT molecular complexity index is 364. The predicted octanol–water partition coefficient (Wildman–Crippen LogP) is 2.65. The van der Waals surface area contributed by atoms with Crippen LogP contribution in [-0.2, 0) is 4.79 Å². The first-order valence-electron chi connectivity index (χ1n) is 7.85. The summed E-state index contributed by atoms with van der Waals surface area (Å²) in [4.78, 5) is 23.1. The fourth-order valence-electron chi connectivity index (χ4n) is 3.42. The Balaban J connectivity index is 1.84. The van der Waals surface area contributed by atoms with Crippen LogP contribution in [0.1, 0.15) is 64.7 Å². The third kappa shape index (κ3) is 4.12. The van der Waals surface area contributed by atoms with E-state index >= 15 is 0 Å². The summed E-state index contributed by atoms with van der Waals surface area (Å²) in [5.74, 6) is -0.213. The highest BCUT2D eigenvalue weighted by atomic mass is 16.4. The molecule has 0 bridgehead atoms. The lowest BCUT2D eigenvalue weighted by atomic mass is 9.79. The Labute approximate surface area is 120 Å². The van der Waals surface area contributed by atoms with Gasteiger partial charge in [-0.3, -0.25) is 4.79 Å². The van der Waals surface area contributed by atoms with E-state index in [-0.39, 0.29) is 12.5 Å². The molecule has 20 heavy (non-hydrogen) atoms. The van der Waals surface area contributed by atoms with Gasteiger partial charge < -0.3 is 15.7 Å². The van der Waals surface area contributed by atoms with Gasteiger partial charge >= 0.3 is 12.0 Å². The van der Waals surface area contributed by atoms with Crippen LogP contribution < -0.4 is 10.6 Å². The molecule has 2 saturated carbocycles. The zero-order valence-electron chi connectivity index (χ0n) is 12.3. The molecule has 0 aromatic rings. The summed E-state index contributed by atoms with van der Waals surface area (Å²) in [6, 6.07) is 0.108. The van der Waals surface area contributed by atoms with E-state index in [1.165, 1.54) is 0 Å². The zero-order chi connectivity index (χ0) is 14.6. The molecule has 2 aliphatic carbocycles. The van der Waals surface area contributed by atoms with E-state index in [0.29, 0.717) is 12.0 Å². The molecular weight excluding hydrogens is 256 g/mol. The van der Waals surface area contributed by atoms with Crippen molar-refractivity contribution in [2.45, 2.75) is 76.3 Å². The Morgan fingerprint density at radius 3 is 2.55 bits per heavy atom. The van der Waals surface area contributed by atoms with Crippen molar-refractivity contribution in [2.24, 2.45) is 5.92 Å². The first-order valence-corrected chi connectivity index (χ1v) is 7.85. The average molecular weight is 282 g/mol. The summed E-state index contributed by atoms with van der Waals surface area (Å²) in [5, 5.41) is 15.0. The van der Waals surface area contributed by atoms with Crippen molar-refractivity contribution in [1.82, 2.24) is 10.6 Å². The quantitative estimate of drug-likeness (QED) is 0.700. The van der Waals surface area contributed by atoms with Gasteiger partial charge in [0.2, 0.25) is 0 Å². The molecule has 0 aromatic heterocycles. The lowest BCUT2D eigenvalue weighted by molar-refractivity contribution is -0.139. The number of rotatable bonds is 6. The molecule has 2 amide bonds. The second-order valence-corrected chi connectivity index (χ2v) is 6.40. The van der Waals surface area contributed by atoms with Crippen molar-refractivity contribution in [1.29, 1.82) is 0 Å². The summed E-state index contributed by atoms with van der Waals surface area (Å²) in [6.45, 7) is 2.15. The predicted molar refractivity (Wildman–Crippen MR) is 76.5 cm³/mol. The summed E-state index contributed by atoms with van der Waals surface area (Å²) in [5.41, 5.74) is -0.538. The van der Waals surface area contributed by atoms with Crippen LogP contribution in [0.2, 0.25) is 0 Å². The number of carboxylic acid groups (broad SMARTS) is 1. The molecule has 2 aliphatic rings. The summed E-state index contributed by atoms with van der Waals surface area (Å²) < 4.78 is 0. The Morgan fingerprint density at radius 1 is 1.25 bits per heavy atom. The third-order valence-corrected chi connectivity index (χ3v) is 4.58. The van der Waals surface area contributed by atoms with Crippen LogP contribution in [0, 0.1) is 5.92 Å². The number of aliphatic carboxylic acids is 1. The van der Waals surface area contributed by atoms with Gasteiger partial charge in [-0.25, -0.2) is 4.79 Å². The molecule has 5 heteroatoms. The van der Waals surface area contributed by atoms with Gasteiger partial charge in [0.15, 0.2) is 0 Å². The number of hydrogen-bond donors (Lipinski definition) is 3.